The summed E-state index contributed by atoms with van der Waals surface area (Å²) in [4.78, 5) is 144. The fourth-order valence-electron chi connectivity index (χ4n) is 6.38. The Bertz CT molecular complexity index is 2030. The minimum atomic E-state index is -1.75. The second-order valence-corrected chi connectivity index (χ2v) is 17.5. The summed E-state index contributed by atoms with van der Waals surface area (Å²) < 4.78 is 0. The van der Waals surface area contributed by atoms with Crippen molar-refractivity contribution in [2.24, 2.45) is 29.2 Å². The van der Waals surface area contributed by atoms with Gasteiger partial charge in [0.05, 0.1) is 31.3 Å². The highest BCUT2D eigenvalue weighted by atomic mass is 16.4. The van der Waals surface area contributed by atoms with Crippen LogP contribution in [0.25, 0.3) is 0 Å². The first-order chi connectivity index (χ1) is 31.8. The zero-order valence-corrected chi connectivity index (χ0v) is 39.5. The van der Waals surface area contributed by atoms with Gasteiger partial charge < -0.3 is 74.2 Å². The number of nitrogens with one attached hydrogen (secondary N) is 10. The maximum atomic E-state index is 13.9. The van der Waals surface area contributed by atoms with Crippen LogP contribution in [0, 0.1) is 17.8 Å². The van der Waals surface area contributed by atoms with Gasteiger partial charge in [0.2, 0.25) is 53.2 Å². The normalized spacial score (nSPS) is 15.2. The van der Waals surface area contributed by atoms with E-state index < -0.39 is 126 Å². The molecule has 9 amide bonds. The lowest BCUT2D eigenvalue weighted by Crippen LogP contribution is -2.61. The Balaban J connectivity index is 2.27. The first kappa shape index (κ1) is 57.2. The summed E-state index contributed by atoms with van der Waals surface area (Å²) in [7, 11) is 0. The van der Waals surface area contributed by atoms with Crippen LogP contribution in [0.3, 0.4) is 0 Å². The summed E-state index contributed by atoms with van der Waals surface area (Å²) in [6, 6.07) is -10.8. The fourth-order valence-corrected chi connectivity index (χ4v) is 6.38. The molecule has 26 heteroatoms. The smallest absolute Gasteiger partial charge is 0.326 e. The molecule has 9 atom stereocenters. The van der Waals surface area contributed by atoms with Crippen molar-refractivity contribution in [2.75, 3.05) is 6.54 Å². The second-order valence-electron chi connectivity index (χ2n) is 17.5. The Kier molecular flexibility index (Phi) is 23.2. The molecule has 0 saturated heterocycles. The van der Waals surface area contributed by atoms with Gasteiger partial charge in [0.25, 0.3) is 0 Å². The summed E-state index contributed by atoms with van der Waals surface area (Å²) in [5.74, 6) is -9.82. The van der Waals surface area contributed by atoms with Gasteiger partial charge in [-0.25, -0.2) is 14.8 Å². The minimum Gasteiger partial charge on any atom is -0.480 e. The number of aromatic nitrogens is 4. The van der Waals surface area contributed by atoms with E-state index >= 15 is 0 Å². The van der Waals surface area contributed by atoms with Crippen LogP contribution < -0.4 is 54.0 Å². The Labute approximate surface area is 393 Å². The number of hydrogen-bond donors (Lipinski definition) is 14. The van der Waals surface area contributed by atoms with Crippen molar-refractivity contribution in [2.45, 2.75) is 142 Å². The second kappa shape index (κ2) is 27.6. The van der Waals surface area contributed by atoms with E-state index in [1.54, 1.807) is 27.7 Å². The largest absolute Gasteiger partial charge is 0.480 e. The third-order valence-corrected chi connectivity index (χ3v) is 10.4. The molecule has 0 unspecified atom stereocenters. The molecule has 16 N–H and O–H groups in total. The van der Waals surface area contributed by atoms with Crippen LogP contribution >= 0.6 is 0 Å². The number of rotatable bonds is 29. The van der Waals surface area contributed by atoms with E-state index in [-0.39, 0.29) is 43.9 Å². The number of carbonyl (C=O) groups excluding carboxylic acids is 9. The van der Waals surface area contributed by atoms with E-state index in [4.69, 9.17) is 11.5 Å². The molecule has 0 saturated carbocycles. The van der Waals surface area contributed by atoms with E-state index in [9.17, 15) is 58.2 Å². The number of amides is 9. The van der Waals surface area contributed by atoms with E-state index in [0.717, 1.165) is 0 Å². The number of imidazole rings is 2. The maximum absolute atomic E-state index is 13.9. The Hall–Kier alpha value is -6.96. The molecule has 0 radical (unpaired) electrons. The molecule has 0 fully saturated rings. The van der Waals surface area contributed by atoms with E-state index in [2.05, 4.69) is 62.5 Å². The maximum Gasteiger partial charge on any atom is 0.326 e. The van der Waals surface area contributed by atoms with E-state index in [1.165, 1.54) is 38.9 Å². The zero-order chi connectivity index (χ0) is 51.4. The highest BCUT2D eigenvalue weighted by molar-refractivity contribution is 5.98. The third-order valence-electron chi connectivity index (χ3n) is 10.4. The van der Waals surface area contributed by atoms with Crippen molar-refractivity contribution in [1.82, 2.24) is 62.5 Å². The molecule has 26 nitrogen and oxygen atoms in total. The number of aliphatic hydroxyl groups is 1. The lowest BCUT2D eigenvalue weighted by Gasteiger charge is -2.27. The van der Waals surface area contributed by atoms with Gasteiger partial charge in [-0.3, -0.25) is 43.2 Å². The number of H-pyrrole nitrogens is 2. The van der Waals surface area contributed by atoms with Crippen LogP contribution in [0.5, 0.6) is 0 Å². The van der Waals surface area contributed by atoms with Crippen LogP contribution in [0.2, 0.25) is 0 Å². The third kappa shape index (κ3) is 19.5. The van der Waals surface area contributed by atoms with Crippen LogP contribution in [-0.2, 0) is 60.8 Å². The van der Waals surface area contributed by atoms with Crippen molar-refractivity contribution < 1.29 is 58.2 Å². The SMILES string of the molecule is CC(C)C[C@H](NC(=O)[C@@H](N)C(C)C)C(=O)NCC(=O)N[C@@H](Cc1cnc[nH]1)C(=O)N[C@H](C(=O)N[C@@H](Cc1cnc[nH]1)C(=O)N[C@@H](C)C(=O)N[C@@H](CCC(N)=O)C(=O)N[C@H](C(=O)O)C(C)C)[C@@H](C)O. The average molecular weight is 961 g/mol. The number of nitrogens with two attached hydrogens (primary N) is 2. The number of aromatic amines is 2. The number of aliphatic carboxylic acids is 1. The Morgan fingerprint density at radius 3 is 1.57 bits per heavy atom. The number of aliphatic hydroxyl groups excluding tert-OH is 1. The molecule has 378 valence electrons. The van der Waals surface area contributed by atoms with Crippen molar-refractivity contribution in [3.8, 4) is 0 Å². The minimum absolute atomic E-state index is 0.0325. The molecule has 0 aliphatic heterocycles. The fraction of sp³-hybridized carbons (Fsp3) is 0.619. The topological polar surface area (TPSA) is 417 Å². The molecule has 0 spiro atoms. The standard InChI is InChI=1S/C42H68N14O12/c1-19(2)11-27(53-40(65)32(44)20(3)4)36(61)47-16-31(59)51-28(12-24-14-45-17-48-24)39(64)56-34(23(8)57)41(66)54-29(13-25-15-46-18-49-25)38(63)50-22(7)35(60)52-26(9-10-30(43)58)37(62)55-33(21(5)6)42(67)68/h14-15,17-23,26-29,32-34,57H,9-13,16,44H2,1-8H3,(H2,43,58)(H,45,48)(H,46,49)(H,47,61)(H,50,63)(H,51,59)(H,52,60)(H,53,65)(H,54,66)(H,55,62)(H,56,64)(H,67,68)/t22-,23+,26-,27-,28-,29-,32-,33-,34-/m0/s1. The van der Waals surface area contributed by atoms with Gasteiger partial charge in [0.1, 0.15) is 42.3 Å². The van der Waals surface area contributed by atoms with Crippen LogP contribution in [0.15, 0.2) is 25.0 Å². The molecule has 0 aliphatic carbocycles. The Morgan fingerprint density at radius 1 is 0.603 bits per heavy atom. The molecule has 0 aliphatic rings. The van der Waals surface area contributed by atoms with Crippen molar-refractivity contribution in [3.63, 3.8) is 0 Å². The summed E-state index contributed by atoms with van der Waals surface area (Å²) >= 11 is 0. The van der Waals surface area contributed by atoms with Gasteiger partial charge in [0.15, 0.2) is 0 Å². The molecule has 2 aromatic heterocycles. The molecule has 2 rings (SSSR count). The molecular weight excluding hydrogens is 893 g/mol. The van der Waals surface area contributed by atoms with Gasteiger partial charge in [-0.2, -0.15) is 0 Å². The number of carboxylic acid groups (broad SMARTS) is 1. The monoisotopic (exact) mass is 961 g/mol. The Morgan fingerprint density at radius 2 is 1.10 bits per heavy atom. The van der Waals surface area contributed by atoms with Gasteiger partial charge >= 0.3 is 5.97 Å². The number of nitrogens with zero attached hydrogens (tertiary/aromatic N) is 2. The van der Waals surface area contributed by atoms with Crippen molar-refractivity contribution in [3.05, 3.63) is 36.4 Å². The summed E-state index contributed by atoms with van der Waals surface area (Å²) in [5.41, 5.74) is 11.9. The predicted octanol–water partition coefficient (Wildman–Crippen LogP) is -4.14. The quantitative estimate of drug-likeness (QED) is 0.0368. The number of carbonyl (C=O) groups is 10. The molecule has 0 bridgehead atoms. The van der Waals surface area contributed by atoms with Gasteiger partial charge in [0, 0.05) is 43.0 Å². The van der Waals surface area contributed by atoms with E-state index in [0.29, 0.717) is 11.4 Å². The summed E-state index contributed by atoms with van der Waals surface area (Å²) in [5, 5.41) is 39.9. The lowest BCUT2D eigenvalue weighted by molar-refractivity contribution is -0.143. The highest BCUT2D eigenvalue weighted by Gasteiger charge is 2.35. The number of hydrogen-bond acceptors (Lipinski definition) is 14. The van der Waals surface area contributed by atoms with Crippen LogP contribution in [0.1, 0.15) is 86.0 Å². The molecule has 0 aromatic carbocycles. The van der Waals surface area contributed by atoms with Gasteiger partial charge in [-0.1, -0.05) is 41.5 Å². The molecule has 2 heterocycles. The first-order valence-corrected chi connectivity index (χ1v) is 22.1. The number of primary amides is 1. The van der Waals surface area contributed by atoms with Crippen molar-refractivity contribution in [1.29, 1.82) is 0 Å². The van der Waals surface area contributed by atoms with Crippen LogP contribution in [-0.4, -0.2) is 150 Å². The zero-order valence-electron chi connectivity index (χ0n) is 39.5. The molecule has 2 aromatic rings. The molecular formula is C42H68N14O12. The van der Waals surface area contributed by atoms with Crippen molar-refractivity contribution >= 4 is 59.1 Å². The lowest BCUT2D eigenvalue weighted by atomic mass is 10.0. The van der Waals surface area contributed by atoms with Gasteiger partial charge in [-0.15, -0.1) is 0 Å². The summed E-state index contributed by atoms with van der Waals surface area (Å²) in [6.45, 7) is 12.1. The van der Waals surface area contributed by atoms with Crippen LogP contribution in [0.4, 0.5) is 0 Å². The summed E-state index contributed by atoms with van der Waals surface area (Å²) in [6.07, 6.45) is 2.88. The average Bonchev–Trinajstić information content (AvgIpc) is 3.98. The first-order valence-electron chi connectivity index (χ1n) is 22.1. The van der Waals surface area contributed by atoms with E-state index in [1.807, 2.05) is 13.8 Å². The van der Waals surface area contributed by atoms with Gasteiger partial charge in [-0.05, 0) is 44.4 Å². The molecule has 68 heavy (non-hydrogen) atoms. The predicted molar refractivity (Wildman–Crippen MR) is 242 cm³/mol. The highest BCUT2D eigenvalue weighted by Crippen LogP contribution is 2.09. The number of carboxylic acids is 1.